The molecule has 0 unspecified atom stereocenters. The Morgan fingerprint density at radius 1 is 0.935 bits per heavy atom. The van der Waals surface area contributed by atoms with Crippen LogP contribution in [0.15, 0.2) is 60.7 Å². The van der Waals surface area contributed by atoms with Gasteiger partial charge < -0.3 is 14.6 Å². The summed E-state index contributed by atoms with van der Waals surface area (Å²) < 4.78 is 10.5. The first-order valence-electron chi connectivity index (χ1n) is 11.0. The summed E-state index contributed by atoms with van der Waals surface area (Å²) in [6.07, 6.45) is 0.761. The number of hydrogen-bond donors (Lipinski definition) is 1. The third kappa shape index (κ3) is 1.93. The molecule has 31 heavy (non-hydrogen) atoms. The van der Waals surface area contributed by atoms with E-state index in [1.165, 1.54) is 14.2 Å². The minimum absolute atomic E-state index is 0.0375. The average molecular weight is 418 g/mol. The first-order valence-corrected chi connectivity index (χ1v) is 11.0. The summed E-state index contributed by atoms with van der Waals surface area (Å²) in [6.45, 7) is 0. The molecule has 0 radical (unpaired) electrons. The number of benzene rings is 2. The summed E-state index contributed by atoms with van der Waals surface area (Å²) in [5.41, 5.74) is -0.120. The van der Waals surface area contributed by atoms with Crippen molar-refractivity contribution in [1.82, 2.24) is 0 Å². The molecule has 0 aliphatic heterocycles. The van der Waals surface area contributed by atoms with E-state index in [2.05, 4.69) is 0 Å². The Kier molecular flexibility index (Phi) is 3.81. The van der Waals surface area contributed by atoms with Crippen molar-refractivity contribution in [1.29, 1.82) is 0 Å². The van der Waals surface area contributed by atoms with Gasteiger partial charge in [-0.25, -0.2) is 0 Å². The quantitative estimate of drug-likeness (QED) is 0.773. The highest BCUT2D eigenvalue weighted by molar-refractivity contribution is 5.90. The van der Waals surface area contributed by atoms with Crippen LogP contribution in [0, 0.1) is 40.9 Å². The fourth-order valence-corrected chi connectivity index (χ4v) is 8.70. The molecule has 5 saturated carbocycles. The fraction of sp³-hybridized carbons (Fsp3) is 0.462. The Hall–Kier alpha value is -2.66. The highest BCUT2D eigenvalue weighted by Gasteiger charge is 2.90. The van der Waals surface area contributed by atoms with E-state index in [4.69, 9.17) is 9.47 Å². The van der Waals surface area contributed by atoms with Crippen molar-refractivity contribution in [3.63, 3.8) is 0 Å². The maximum Gasteiger partial charge on any atom is 0.313 e. The maximum atomic E-state index is 13.5. The molecule has 2 aromatic carbocycles. The Bertz CT molecular complexity index is 1050. The SMILES string of the molecule is COC(=O)[C@H]1[C@@H]2C[C@H]3[C@H]4[C@@H]2[C@H]([C@@H](c2ccccc2)[C@]4(O)c2ccccc2)[C@]31C(=O)OC. The van der Waals surface area contributed by atoms with E-state index in [9.17, 15) is 14.7 Å². The van der Waals surface area contributed by atoms with Gasteiger partial charge in [-0.15, -0.1) is 0 Å². The largest absolute Gasteiger partial charge is 0.469 e. The van der Waals surface area contributed by atoms with Crippen LogP contribution >= 0.6 is 0 Å². The summed E-state index contributed by atoms with van der Waals surface area (Å²) in [5, 5.41) is 12.5. The van der Waals surface area contributed by atoms with Crippen LogP contribution in [0.2, 0.25) is 0 Å². The summed E-state index contributed by atoms with van der Waals surface area (Å²) in [7, 11) is 2.80. The molecule has 0 aromatic heterocycles. The lowest BCUT2D eigenvalue weighted by Gasteiger charge is -2.51. The van der Waals surface area contributed by atoms with Gasteiger partial charge in [0.1, 0.15) is 5.60 Å². The zero-order valence-electron chi connectivity index (χ0n) is 17.6. The molecule has 0 saturated heterocycles. The summed E-state index contributed by atoms with van der Waals surface area (Å²) in [6, 6.07) is 19.8. The molecule has 5 heteroatoms. The first kappa shape index (κ1) is 19.1. The number of carbonyl (C=O) groups is 2. The molecule has 6 bridgehead atoms. The Labute approximate surface area is 181 Å². The lowest BCUT2D eigenvalue weighted by molar-refractivity contribution is -0.181. The number of rotatable bonds is 4. The van der Waals surface area contributed by atoms with Crippen molar-refractivity contribution in [2.45, 2.75) is 17.9 Å². The van der Waals surface area contributed by atoms with Crippen molar-refractivity contribution < 1.29 is 24.2 Å². The minimum atomic E-state index is -1.09. The van der Waals surface area contributed by atoms with Gasteiger partial charge >= 0.3 is 11.9 Å². The standard InChI is InChI=1S/C26H26O5/c1-30-23(27)20-16-13-17-21-18(16)22(25(17,20)24(28)31-2)19(14-9-5-3-6-10-14)26(21,29)15-11-7-4-8-12-15/h3-12,16-22,29H,13H2,1-2H3/t16-,17+,18-,19-,20-,21+,22-,25+,26-/m1/s1. The van der Waals surface area contributed by atoms with Gasteiger partial charge in [-0.3, -0.25) is 9.59 Å². The number of carbonyl (C=O) groups excluding carboxylic acids is 2. The summed E-state index contributed by atoms with van der Waals surface area (Å²) in [5.74, 6) is -1.64. The molecule has 0 amide bonds. The molecule has 0 heterocycles. The smallest absolute Gasteiger partial charge is 0.313 e. The van der Waals surface area contributed by atoms with E-state index < -0.39 is 16.9 Å². The number of methoxy groups -OCH3 is 2. The number of ether oxygens (including phenoxy) is 2. The Morgan fingerprint density at radius 3 is 2.19 bits per heavy atom. The molecule has 5 fully saturated rings. The van der Waals surface area contributed by atoms with Gasteiger partial charge in [0, 0.05) is 5.92 Å². The molecular formula is C26H26O5. The van der Waals surface area contributed by atoms with Gasteiger partial charge in [0.25, 0.3) is 0 Å². The van der Waals surface area contributed by atoms with Crippen molar-refractivity contribution in [2.24, 2.45) is 40.9 Å². The van der Waals surface area contributed by atoms with Gasteiger partial charge in [-0.2, -0.15) is 0 Å². The number of aliphatic hydroxyl groups is 1. The average Bonchev–Trinajstić information content (AvgIpc) is 3.56. The van der Waals surface area contributed by atoms with Crippen LogP contribution in [0.25, 0.3) is 0 Å². The lowest BCUT2D eigenvalue weighted by Crippen LogP contribution is -2.56. The minimum Gasteiger partial charge on any atom is -0.469 e. The molecule has 0 spiro atoms. The lowest BCUT2D eigenvalue weighted by atomic mass is 9.54. The second-order valence-electron chi connectivity index (χ2n) is 9.64. The molecular weight excluding hydrogens is 392 g/mol. The molecule has 1 N–H and O–H groups in total. The number of esters is 2. The van der Waals surface area contributed by atoms with E-state index in [0.717, 1.165) is 17.5 Å². The van der Waals surface area contributed by atoms with E-state index >= 15 is 0 Å². The van der Waals surface area contributed by atoms with Crippen LogP contribution in [0.5, 0.6) is 0 Å². The van der Waals surface area contributed by atoms with E-state index in [1.54, 1.807) is 0 Å². The topological polar surface area (TPSA) is 72.8 Å². The third-order valence-electron chi connectivity index (χ3n) is 9.12. The number of hydrogen-bond acceptors (Lipinski definition) is 5. The van der Waals surface area contributed by atoms with Crippen molar-refractivity contribution >= 4 is 11.9 Å². The summed E-state index contributed by atoms with van der Waals surface area (Å²) in [4.78, 5) is 26.4. The zero-order valence-corrected chi connectivity index (χ0v) is 17.6. The van der Waals surface area contributed by atoms with E-state index in [1.807, 2.05) is 60.7 Å². The van der Waals surface area contributed by atoms with Crippen LogP contribution < -0.4 is 0 Å². The zero-order chi connectivity index (χ0) is 21.5. The van der Waals surface area contributed by atoms with Gasteiger partial charge in [0.2, 0.25) is 0 Å². The molecule has 5 nitrogen and oxygen atoms in total. The fourth-order valence-electron chi connectivity index (χ4n) is 8.70. The third-order valence-corrected chi connectivity index (χ3v) is 9.12. The predicted octanol–water partition coefficient (Wildman–Crippen LogP) is 3.13. The molecule has 5 aliphatic rings. The van der Waals surface area contributed by atoms with Gasteiger partial charge in [0.15, 0.2) is 0 Å². The first-order chi connectivity index (χ1) is 15.0. The second kappa shape index (κ2) is 6.19. The molecule has 7 rings (SSSR count). The van der Waals surface area contributed by atoms with Crippen LogP contribution in [-0.2, 0) is 24.7 Å². The van der Waals surface area contributed by atoms with Crippen LogP contribution in [0.3, 0.4) is 0 Å². The highest BCUT2D eigenvalue weighted by Crippen LogP contribution is 2.88. The second-order valence-corrected chi connectivity index (χ2v) is 9.64. The monoisotopic (exact) mass is 418 g/mol. The molecule has 160 valence electrons. The van der Waals surface area contributed by atoms with Crippen molar-refractivity contribution in [2.75, 3.05) is 14.2 Å². The van der Waals surface area contributed by atoms with Crippen LogP contribution in [0.4, 0.5) is 0 Å². The van der Waals surface area contributed by atoms with E-state index in [0.29, 0.717) is 0 Å². The van der Waals surface area contributed by atoms with Gasteiger partial charge in [0.05, 0.1) is 25.6 Å². The van der Waals surface area contributed by atoms with Crippen LogP contribution in [-0.4, -0.2) is 31.3 Å². The normalized spacial score (nSPS) is 43.4. The Morgan fingerprint density at radius 2 is 1.58 bits per heavy atom. The predicted molar refractivity (Wildman–Crippen MR) is 112 cm³/mol. The van der Waals surface area contributed by atoms with Gasteiger partial charge in [-0.05, 0) is 47.1 Å². The highest BCUT2D eigenvalue weighted by atomic mass is 16.5. The summed E-state index contributed by atoms with van der Waals surface area (Å²) >= 11 is 0. The van der Waals surface area contributed by atoms with E-state index in [-0.39, 0.29) is 47.4 Å². The van der Waals surface area contributed by atoms with Crippen molar-refractivity contribution in [3.05, 3.63) is 71.8 Å². The van der Waals surface area contributed by atoms with Gasteiger partial charge in [-0.1, -0.05) is 60.7 Å². The van der Waals surface area contributed by atoms with Crippen LogP contribution in [0.1, 0.15) is 23.5 Å². The molecule has 5 aliphatic carbocycles. The molecule has 9 atom stereocenters. The van der Waals surface area contributed by atoms with Crippen molar-refractivity contribution in [3.8, 4) is 0 Å². The molecule has 2 aromatic rings. The Balaban J connectivity index is 1.60. The maximum absolute atomic E-state index is 13.5.